The predicted octanol–water partition coefficient (Wildman–Crippen LogP) is 2.60. The van der Waals surface area contributed by atoms with E-state index in [1.165, 1.54) is 6.42 Å². The second kappa shape index (κ2) is 6.62. The minimum Gasteiger partial charge on any atom is -0.457 e. The van der Waals surface area contributed by atoms with Crippen molar-refractivity contribution in [1.29, 1.82) is 0 Å². The molecule has 1 aliphatic rings. The second-order valence-electron chi connectivity index (χ2n) is 4.59. The third-order valence-electron chi connectivity index (χ3n) is 3.38. The van der Waals surface area contributed by atoms with Gasteiger partial charge in [-0.1, -0.05) is 20.3 Å². The van der Waals surface area contributed by atoms with Gasteiger partial charge in [-0.05, 0) is 32.1 Å². The highest BCUT2D eigenvalue weighted by Gasteiger charge is 2.34. The minimum atomic E-state index is -0.421. The van der Waals surface area contributed by atoms with Crippen molar-refractivity contribution in [3.63, 3.8) is 0 Å². The monoisotopic (exact) mass is 242 g/mol. The van der Waals surface area contributed by atoms with Gasteiger partial charge >= 0.3 is 11.9 Å². The Morgan fingerprint density at radius 3 is 2.24 bits per heavy atom. The van der Waals surface area contributed by atoms with E-state index in [0.29, 0.717) is 0 Å². The SMILES string of the molecule is CCC(=O)OCC(=O)OC1(CC)CCCCC1. The molecule has 0 heterocycles. The van der Waals surface area contributed by atoms with Crippen LogP contribution in [0.5, 0.6) is 0 Å². The van der Waals surface area contributed by atoms with E-state index in [2.05, 4.69) is 0 Å². The Balaban J connectivity index is 2.39. The molecule has 0 atom stereocenters. The second-order valence-corrected chi connectivity index (χ2v) is 4.59. The van der Waals surface area contributed by atoms with E-state index >= 15 is 0 Å². The van der Waals surface area contributed by atoms with Crippen LogP contribution in [0.1, 0.15) is 58.8 Å². The summed E-state index contributed by atoms with van der Waals surface area (Å²) in [5, 5.41) is 0. The molecule has 17 heavy (non-hydrogen) atoms. The molecule has 1 saturated carbocycles. The zero-order valence-corrected chi connectivity index (χ0v) is 10.8. The van der Waals surface area contributed by atoms with Crippen LogP contribution in [0, 0.1) is 0 Å². The summed E-state index contributed by atoms with van der Waals surface area (Å²) >= 11 is 0. The Kier molecular flexibility index (Phi) is 5.45. The maximum Gasteiger partial charge on any atom is 0.344 e. The zero-order chi connectivity index (χ0) is 12.7. The van der Waals surface area contributed by atoms with Crippen molar-refractivity contribution < 1.29 is 19.1 Å². The summed E-state index contributed by atoms with van der Waals surface area (Å²) in [7, 11) is 0. The molecular weight excluding hydrogens is 220 g/mol. The van der Waals surface area contributed by atoms with E-state index < -0.39 is 5.97 Å². The quantitative estimate of drug-likeness (QED) is 0.695. The van der Waals surface area contributed by atoms with Crippen LogP contribution in [0.25, 0.3) is 0 Å². The topological polar surface area (TPSA) is 52.6 Å². The van der Waals surface area contributed by atoms with Crippen LogP contribution < -0.4 is 0 Å². The van der Waals surface area contributed by atoms with Crippen LogP contribution in [0.15, 0.2) is 0 Å². The average Bonchev–Trinajstić information content (AvgIpc) is 2.37. The fourth-order valence-corrected chi connectivity index (χ4v) is 2.24. The van der Waals surface area contributed by atoms with E-state index in [4.69, 9.17) is 9.47 Å². The first-order chi connectivity index (χ1) is 8.12. The third-order valence-corrected chi connectivity index (χ3v) is 3.38. The lowest BCUT2D eigenvalue weighted by Gasteiger charge is -2.35. The lowest BCUT2D eigenvalue weighted by Crippen LogP contribution is -2.37. The van der Waals surface area contributed by atoms with Crippen molar-refractivity contribution in [1.82, 2.24) is 0 Å². The van der Waals surface area contributed by atoms with Gasteiger partial charge in [0.25, 0.3) is 0 Å². The number of hydrogen-bond donors (Lipinski definition) is 0. The summed E-state index contributed by atoms with van der Waals surface area (Å²) in [6.07, 6.45) is 6.40. The van der Waals surface area contributed by atoms with Gasteiger partial charge in [-0.15, -0.1) is 0 Å². The van der Waals surface area contributed by atoms with E-state index in [-0.39, 0.29) is 24.6 Å². The van der Waals surface area contributed by atoms with Gasteiger partial charge in [-0.2, -0.15) is 0 Å². The number of hydrogen-bond acceptors (Lipinski definition) is 4. The van der Waals surface area contributed by atoms with Crippen molar-refractivity contribution >= 4 is 11.9 Å². The molecule has 0 unspecified atom stereocenters. The van der Waals surface area contributed by atoms with Gasteiger partial charge in [-0.3, -0.25) is 4.79 Å². The fourth-order valence-electron chi connectivity index (χ4n) is 2.24. The molecule has 0 aromatic carbocycles. The number of carbonyl (C=O) groups is 2. The summed E-state index contributed by atoms with van der Waals surface area (Å²) in [6, 6.07) is 0. The normalized spacial score (nSPS) is 18.5. The van der Waals surface area contributed by atoms with Gasteiger partial charge in [0.2, 0.25) is 0 Å². The van der Waals surface area contributed by atoms with Crippen LogP contribution in [0.2, 0.25) is 0 Å². The first kappa shape index (κ1) is 14.0. The Labute approximate surface area is 103 Å². The third kappa shape index (κ3) is 4.36. The molecule has 0 spiro atoms. The minimum absolute atomic E-state index is 0.256. The van der Waals surface area contributed by atoms with E-state index in [1.807, 2.05) is 6.92 Å². The molecule has 0 aromatic rings. The molecule has 1 fully saturated rings. The Morgan fingerprint density at radius 1 is 1.06 bits per heavy atom. The van der Waals surface area contributed by atoms with E-state index in [1.54, 1.807) is 6.92 Å². The molecule has 0 radical (unpaired) electrons. The first-order valence-electron chi connectivity index (χ1n) is 6.49. The van der Waals surface area contributed by atoms with Gasteiger partial charge in [0.05, 0.1) is 0 Å². The van der Waals surface area contributed by atoms with Crippen LogP contribution in [0.3, 0.4) is 0 Å². The fraction of sp³-hybridized carbons (Fsp3) is 0.846. The molecule has 0 N–H and O–H groups in total. The van der Waals surface area contributed by atoms with Gasteiger partial charge in [0.1, 0.15) is 5.60 Å². The van der Waals surface area contributed by atoms with Crippen LogP contribution in [-0.2, 0) is 19.1 Å². The highest BCUT2D eigenvalue weighted by atomic mass is 16.6. The molecule has 0 aliphatic heterocycles. The van der Waals surface area contributed by atoms with Crippen molar-refractivity contribution in [2.75, 3.05) is 6.61 Å². The molecule has 0 aromatic heterocycles. The maximum atomic E-state index is 11.6. The van der Waals surface area contributed by atoms with E-state index in [9.17, 15) is 9.59 Å². The zero-order valence-electron chi connectivity index (χ0n) is 10.8. The number of esters is 2. The Hall–Kier alpha value is -1.06. The van der Waals surface area contributed by atoms with Crippen molar-refractivity contribution in [3.8, 4) is 0 Å². The Bertz CT molecular complexity index is 267. The molecular formula is C13H22O4. The molecule has 98 valence electrons. The average molecular weight is 242 g/mol. The number of rotatable bonds is 5. The number of ether oxygens (including phenoxy) is 2. The molecule has 0 bridgehead atoms. The van der Waals surface area contributed by atoms with Crippen LogP contribution >= 0.6 is 0 Å². The van der Waals surface area contributed by atoms with Crippen LogP contribution in [-0.4, -0.2) is 24.1 Å². The van der Waals surface area contributed by atoms with Gasteiger partial charge in [-0.25, -0.2) is 4.79 Å². The van der Waals surface area contributed by atoms with Crippen molar-refractivity contribution in [2.45, 2.75) is 64.4 Å². The highest BCUT2D eigenvalue weighted by Crippen LogP contribution is 2.34. The largest absolute Gasteiger partial charge is 0.457 e. The molecule has 0 amide bonds. The summed E-state index contributed by atoms with van der Waals surface area (Å²) in [5.74, 6) is -0.785. The lowest BCUT2D eigenvalue weighted by molar-refractivity contribution is -0.173. The molecule has 0 saturated heterocycles. The highest BCUT2D eigenvalue weighted by molar-refractivity contribution is 5.76. The standard InChI is InChI=1S/C13H22O4/c1-3-11(14)16-10-12(15)17-13(4-2)8-6-5-7-9-13/h3-10H2,1-2H3. The predicted molar refractivity (Wildman–Crippen MR) is 63.4 cm³/mol. The summed E-state index contributed by atoms with van der Waals surface area (Å²) in [4.78, 5) is 22.5. The molecule has 1 aliphatic carbocycles. The smallest absolute Gasteiger partial charge is 0.344 e. The Morgan fingerprint density at radius 2 is 1.71 bits per heavy atom. The maximum absolute atomic E-state index is 11.6. The van der Waals surface area contributed by atoms with Crippen molar-refractivity contribution in [2.24, 2.45) is 0 Å². The van der Waals surface area contributed by atoms with Crippen LogP contribution in [0.4, 0.5) is 0 Å². The summed E-state index contributed by atoms with van der Waals surface area (Å²) < 4.78 is 10.3. The summed E-state index contributed by atoms with van der Waals surface area (Å²) in [5.41, 5.74) is -0.312. The molecule has 1 rings (SSSR count). The first-order valence-corrected chi connectivity index (χ1v) is 6.49. The van der Waals surface area contributed by atoms with Gasteiger partial charge in [0, 0.05) is 6.42 Å². The number of carbonyl (C=O) groups excluding carboxylic acids is 2. The molecule has 4 heteroatoms. The summed E-state index contributed by atoms with van der Waals surface area (Å²) in [6.45, 7) is 3.48. The van der Waals surface area contributed by atoms with Crippen molar-refractivity contribution in [3.05, 3.63) is 0 Å². The lowest BCUT2D eigenvalue weighted by atomic mass is 9.83. The van der Waals surface area contributed by atoms with Gasteiger partial charge in [0.15, 0.2) is 6.61 Å². The molecule has 4 nitrogen and oxygen atoms in total. The van der Waals surface area contributed by atoms with E-state index in [0.717, 1.165) is 32.1 Å². The van der Waals surface area contributed by atoms with Gasteiger partial charge < -0.3 is 9.47 Å².